The third-order valence-corrected chi connectivity index (χ3v) is 14.7. The maximum absolute atomic E-state index is 15.4. The largest absolute Gasteiger partial charge is 0.497 e. The Bertz CT molecular complexity index is 2030. The number of aliphatic hydroxyl groups excluding tert-OH is 1. The highest BCUT2D eigenvalue weighted by Crippen LogP contribution is 2.66. The van der Waals surface area contributed by atoms with Crippen LogP contribution in [0.4, 0.5) is 0 Å². The van der Waals surface area contributed by atoms with E-state index in [-0.39, 0.29) is 42.4 Å². The molecule has 6 unspecified atom stereocenters. The van der Waals surface area contributed by atoms with Crippen molar-refractivity contribution in [3.8, 4) is 11.5 Å². The molecule has 8 rings (SSSR count). The maximum atomic E-state index is 15.4. The fraction of sp³-hybridized carbons (Fsp3) is 0.543. The number of allylic oxidation sites excluding steroid dienone is 2. The van der Waals surface area contributed by atoms with Crippen molar-refractivity contribution in [1.29, 1.82) is 0 Å². The van der Waals surface area contributed by atoms with Crippen molar-refractivity contribution < 1.29 is 43.2 Å². The first kappa shape index (κ1) is 39.8. The van der Waals surface area contributed by atoms with Gasteiger partial charge >= 0.3 is 5.97 Å². The van der Waals surface area contributed by atoms with Crippen LogP contribution in [0.2, 0.25) is 0 Å². The number of nitrogens with zero attached hydrogens (tertiary/aromatic N) is 1. The van der Waals surface area contributed by atoms with E-state index in [0.29, 0.717) is 68.4 Å². The van der Waals surface area contributed by atoms with Crippen LogP contribution < -0.4 is 9.47 Å². The Labute approximate surface area is 330 Å². The molecule has 0 radical (unpaired) electrons. The Hall–Kier alpha value is -4.41. The van der Waals surface area contributed by atoms with Crippen molar-refractivity contribution in [2.75, 3.05) is 20.8 Å². The van der Waals surface area contributed by atoms with Crippen LogP contribution in [0.3, 0.4) is 0 Å². The van der Waals surface area contributed by atoms with E-state index in [1.165, 1.54) is 11.8 Å². The van der Waals surface area contributed by atoms with Crippen molar-refractivity contribution >= 4 is 17.7 Å². The topological polar surface area (TPSA) is 136 Å². The lowest BCUT2D eigenvalue weighted by molar-refractivity contribution is -0.178. The van der Waals surface area contributed by atoms with Crippen LogP contribution in [-0.2, 0) is 27.3 Å². The molecule has 300 valence electrons. The minimum Gasteiger partial charge on any atom is -0.497 e. The molecular formula is C46H57NO9. The van der Waals surface area contributed by atoms with Crippen molar-refractivity contribution in [2.24, 2.45) is 16.2 Å². The molecule has 1 aliphatic heterocycles. The molecule has 5 aliphatic rings. The minimum absolute atomic E-state index is 0.0332. The summed E-state index contributed by atoms with van der Waals surface area (Å²) < 4.78 is 23.0. The SMILES string of the molecule is COc1ccc(CN(CC2(O)CCC3c4ccc(cc4C(=O)c4ccco4)CC(O)CCC(C)=CCCC32C)C(=O)C23CCC(C)(C(=O)O2)C3(C)C)c(OC)c1. The third-order valence-electron chi connectivity index (χ3n) is 14.7. The zero-order valence-corrected chi connectivity index (χ0v) is 33.9. The summed E-state index contributed by atoms with van der Waals surface area (Å²) in [5.74, 6) is 0.147. The Morgan fingerprint density at radius 1 is 0.964 bits per heavy atom. The lowest BCUT2D eigenvalue weighted by Gasteiger charge is -2.47. The molecule has 1 amide bonds. The van der Waals surface area contributed by atoms with Gasteiger partial charge in [-0.2, -0.15) is 0 Å². The molecule has 3 aromatic rings. The average molecular weight is 768 g/mol. The van der Waals surface area contributed by atoms with Gasteiger partial charge in [0.2, 0.25) is 5.78 Å². The molecule has 1 saturated heterocycles. The second-order valence-corrected chi connectivity index (χ2v) is 17.8. The van der Waals surface area contributed by atoms with Crippen LogP contribution in [0.25, 0.3) is 0 Å². The summed E-state index contributed by atoms with van der Waals surface area (Å²) in [6.45, 7) is 10.0. The highest BCUT2D eigenvalue weighted by atomic mass is 16.6. The van der Waals surface area contributed by atoms with Gasteiger partial charge in [-0.1, -0.05) is 44.6 Å². The number of rotatable bonds is 9. The van der Waals surface area contributed by atoms with Gasteiger partial charge in [0.15, 0.2) is 11.4 Å². The number of carbonyl (C=O) groups is 3. The highest BCUT2D eigenvalue weighted by molar-refractivity contribution is 6.08. The number of ketones is 1. The first-order chi connectivity index (χ1) is 26.5. The van der Waals surface area contributed by atoms with Crippen LogP contribution in [0.1, 0.15) is 125 Å². The number of esters is 1. The van der Waals surface area contributed by atoms with E-state index in [2.05, 4.69) is 19.9 Å². The molecular weight excluding hydrogens is 711 g/mol. The zero-order valence-electron chi connectivity index (χ0n) is 33.9. The standard InChI is InChI=1S/C46H57NO9/c1-29-10-8-19-43(4)36(34-17-13-30(24-32(48)15-12-29)25-35(34)39(49)37-11-9-23-55-37)18-20-45(43,52)28-47(27-31-14-16-33(53-6)26-38(31)54-7)40(50)46-22-21-44(5,41(51)56-46)42(46,2)3/h9-11,13-14,16-17,23,25-26,32,36,48,52H,8,12,15,18-22,24,27-28H2,1-7H3. The number of fused-ring (bicyclic) bond motifs is 10. The first-order valence-electron chi connectivity index (χ1n) is 20.0. The van der Waals surface area contributed by atoms with Gasteiger partial charge < -0.3 is 33.7 Å². The summed E-state index contributed by atoms with van der Waals surface area (Å²) in [5.41, 5.74) is -1.21. The van der Waals surface area contributed by atoms with E-state index in [1.54, 1.807) is 37.3 Å². The van der Waals surface area contributed by atoms with Crippen LogP contribution in [-0.4, -0.2) is 70.8 Å². The monoisotopic (exact) mass is 767 g/mol. The molecule has 2 aromatic carbocycles. The normalized spacial score (nSPS) is 30.9. The molecule has 4 bridgehead atoms. The number of methoxy groups -OCH3 is 2. The number of hydrogen-bond acceptors (Lipinski definition) is 9. The lowest BCUT2D eigenvalue weighted by atomic mass is 9.64. The van der Waals surface area contributed by atoms with Gasteiger partial charge in [0, 0.05) is 34.6 Å². The Kier molecular flexibility index (Phi) is 10.3. The smallest absolute Gasteiger partial charge is 0.313 e. The fourth-order valence-corrected chi connectivity index (χ4v) is 10.4. The highest BCUT2D eigenvalue weighted by Gasteiger charge is 2.76. The van der Waals surface area contributed by atoms with E-state index in [9.17, 15) is 19.8 Å². The van der Waals surface area contributed by atoms with Crippen molar-refractivity contribution in [3.63, 3.8) is 0 Å². The second kappa shape index (κ2) is 14.5. The van der Waals surface area contributed by atoms with E-state index in [4.69, 9.17) is 18.6 Å². The second-order valence-electron chi connectivity index (χ2n) is 17.8. The van der Waals surface area contributed by atoms with Gasteiger partial charge in [0.05, 0.1) is 44.1 Å². The third kappa shape index (κ3) is 6.28. The number of ether oxygens (including phenoxy) is 3. The van der Waals surface area contributed by atoms with Gasteiger partial charge in [-0.05, 0) is 119 Å². The molecule has 2 saturated carbocycles. The molecule has 3 fully saturated rings. The summed E-state index contributed by atoms with van der Waals surface area (Å²) in [5, 5.41) is 24.3. The summed E-state index contributed by atoms with van der Waals surface area (Å²) in [6.07, 6.45) is 7.91. The van der Waals surface area contributed by atoms with Gasteiger partial charge in [0.25, 0.3) is 5.91 Å². The Balaban J connectivity index is 1.34. The van der Waals surface area contributed by atoms with Crippen molar-refractivity contribution in [2.45, 2.75) is 122 Å². The Morgan fingerprint density at radius 3 is 2.41 bits per heavy atom. The van der Waals surface area contributed by atoms with Gasteiger partial charge in [-0.15, -0.1) is 0 Å². The zero-order chi connectivity index (χ0) is 40.3. The van der Waals surface area contributed by atoms with Gasteiger partial charge in [-0.3, -0.25) is 14.4 Å². The summed E-state index contributed by atoms with van der Waals surface area (Å²) in [4.78, 5) is 44.7. The predicted molar refractivity (Wildman–Crippen MR) is 210 cm³/mol. The molecule has 56 heavy (non-hydrogen) atoms. The predicted octanol–water partition coefficient (Wildman–Crippen LogP) is 7.72. The van der Waals surface area contributed by atoms with Crippen LogP contribution in [0.15, 0.2) is 70.9 Å². The Morgan fingerprint density at radius 2 is 1.75 bits per heavy atom. The maximum Gasteiger partial charge on any atom is 0.313 e. The van der Waals surface area contributed by atoms with Crippen LogP contribution in [0, 0.1) is 16.2 Å². The molecule has 2 N–H and O–H groups in total. The fourth-order valence-electron chi connectivity index (χ4n) is 10.4. The van der Waals surface area contributed by atoms with E-state index < -0.39 is 33.6 Å². The summed E-state index contributed by atoms with van der Waals surface area (Å²) in [6, 6.07) is 14.7. The number of hydrogen-bond donors (Lipinski definition) is 2. The van der Waals surface area contributed by atoms with E-state index in [1.807, 2.05) is 51.1 Å². The van der Waals surface area contributed by atoms with Crippen LogP contribution >= 0.6 is 0 Å². The number of aliphatic hydroxyl groups is 2. The van der Waals surface area contributed by atoms with E-state index in [0.717, 1.165) is 23.1 Å². The first-order valence-corrected chi connectivity index (χ1v) is 20.0. The molecule has 4 aliphatic carbocycles. The van der Waals surface area contributed by atoms with Gasteiger partial charge in [-0.25, -0.2) is 0 Å². The quantitative estimate of drug-likeness (QED) is 0.128. The number of benzene rings is 2. The average Bonchev–Trinajstić information content (AvgIpc) is 3.88. The van der Waals surface area contributed by atoms with Crippen molar-refractivity contribution in [3.05, 3.63) is 94.5 Å². The lowest BCUT2D eigenvalue weighted by Crippen LogP contribution is -2.60. The molecule has 6 atom stereocenters. The van der Waals surface area contributed by atoms with Crippen LogP contribution in [0.5, 0.6) is 11.5 Å². The molecule has 10 heteroatoms. The number of furan rings is 1. The van der Waals surface area contributed by atoms with Crippen molar-refractivity contribution in [1.82, 2.24) is 4.90 Å². The summed E-state index contributed by atoms with van der Waals surface area (Å²) in [7, 11) is 3.15. The molecule has 1 aromatic heterocycles. The number of carbonyl (C=O) groups excluding carboxylic acids is 3. The van der Waals surface area contributed by atoms with E-state index >= 15 is 4.79 Å². The molecule has 10 nitrogen and oxygen atoms in total. The molecule has 0 spiro atoms. The minimum atomic E-state index is -1.42. The summed E-state index contributed by atoms with van der Waals surface area (Å²) >= 11 is 0. The number of amides is 1. The molecule has 2 heterocycles. The van der Waals surface area contributed by atoms with Gasteiger partial charge in [0.1, 0.15) is 11.5 Å².